The Morgan fingerprint density at radius 2 is 1.71 bits per heavy atom. The van der Waals surface area contributed by atoms with Crippen molar-refractivity contribution in [1.82, 2.24) is 15.2 Å². The Morgan fingerprint density at radius 1 is 1.03 bits per heavy atom. The van der Waals surface area contributed by atoms with Gasteiger partial charge in [0.25, 0.3) is 11.8 Å². The summed E-state index contributed by atoms with van der Waals surface area (Å²) in [6.45, 7) is 6.07. The van der Waals surface area contributed by atoms with Gasteiger partial charge < -0.3 is 24.7 Å². The van der Waals surface area contributed by atoms with Gasteiger partial charge in [0, 0.05) is 44.7 Å². The summed E-state index contributed by atoms with van der Waals surface area (Å²) in [5.74, 6) is -0.854. The minimum Gasteiger partial charge on any atom is -0.379 e. The number of nitrogens with one attached hydrogen (secondary N) is 2. The first-order valence-corrected chi connectivity index (χ1v) is 13.0. The van der Waals surface area contributed by atoms with Crippen LogP contribution in [0.1, 0.15) is 98.8 Å². The number of aromatic nitrogens is 1. The summed E-state index contributed by atoms with van der Waals surface area (Å²) in [5, 5.41) is 5.87. The van der Waals surface area contributed by atoms with Crippen LogP contribution in [0.2, 0.25) is 0 Å². The minimum atomic E-state index is -0.525. The fourth-order valence-electron chi connectivity index (χ4n) is 4.64. The predicted molar refractivity (Wildman–Crippen MR) is 131 cm³/mol. The maximum absolute atomic E-state index is 13.2. The van der Waals surface area contributed by atoms with Crippen LogP contribution in [0.25, 0.3) is 0 Å². The number of carbonyl (C=O) groups is 2. The molecule has 34 heavy (non-hydrogen) atoms. The Labute approximate surface area is 202 Å². The summed E-state index contributed by atoms with van der Waals surface area (Å²) < 4.78 is 13.0. The molecule has 8 heteroatoms. The molecule has 1 aromatic rings. The topological polar surface area (TPSA) is 98.7 Å². The summed E-state index contributed by atoms with van der Waals surface area (Å²) in [4.78, 5) is 39.2. The number of pyridine rings is 1. The molecule has 2 N–H and O–H groups in total. The first kappa shape index (κ1) is 26.4. The Bertz CT molecular complexity index is 852. The van der Waals surface area contributed by atoms with E-state index in [0.717, 1.165) is 38.5 Å². The molecule has 3 rings (SSSR count). The van der Waals surface area contributed by atoms with Gasteiger partial charge in [0.15, 0.2) is 0 Å². The van der Waals surface area contributed by atoms with Gasteiger partial charge in [0.1, 0.15) is 11.1 Å². The molecule has 2 heterocycles. The summed E-state index contributed by atoms with van der Waals surface area (Å²) in [5.41, 5.74) is -0.508. The van der Waals surface area contributed by atoms with Gasteiger partial charge in [-0.05, 0) is 46.0 Å². The summed E-state index contributed by atoms with van der Waals surface area (Å²) in [7, 11) is 0. The number of ether oxygens (including phenoxy) is 2. The lowest BCUT2D eigenvalue weighted by Gasteiger charge is -2.21. The fourth-order valence-corrected chi connectivity index (χ4v) is 4.64. The Morgan fingerprint density at radius 3 is 2.35 bits per heavy atom. The first-order chi connectivity index (χ1) is 16.4. The van der Waals surface area contributed by atoms with E-state index in [-0.39, 0.29) is 29.4 Å². The van der Waals surface area contributed by atoms with Crippen LogP contribution in [0.5, 0.6) is 0 Å². The van der Waals surface area contributed by atoms with Crippen molar-refractivity contribution in [2.75, 3.05) is 19.8 Å². The smallest absolute Gasteiger partial charge is 0.256 e. The quantitative estimate of drug-likeness (QED) is 0.505. The molecule has 2 amide bonds. The molecule has 190 valence electrons. The van der Waals surface area contributed by atoms with Gasteiger partial charge in [0.05, 0.1) is 12.2 Å². The molecule has 2 fully saturated rings. The van der Waals surface area contributed by atoms with Crippen molar-refractivity contribution in [3.8, 4) is 0 Å². The molecule has 1 atom stereocenters. The van der Waals surface area contributed by atoms with Crippen LogP contribution >= 0.6 is 0 Å². The van der Waals surface area contributed by atoms with Crippen LogP contribution in [0.15, 0.2) is 17.2 Å². The van der Waals surface area contributed by atoms with Crippen LogP contribution < -0.4 is 16.1 Å². The highest BCUT2D eigenvalue weighted by molar-refractivity contribution is 5.99. The summed E-state index contributed by atoms with van der Waals surface area (Å²) in [6.07, 6.45) is 13.5. The highest BCUT2D eigenvalue weighted by Gasteiger charge is 2.23. The molecule has 2 aliphatic rings. The van der Waals surface area contributed by atoms with Gasteiger partial charge in [-0.1, -0.05) is 32.1 Å². The fraction of sp³-hybridized carbons (Fsp3) is 0.731. The molecule has 1 unspecified atom stereocenters. The molecule has 0 radical (unpaired) electrons. The molecule has 1 aliphatic carbocycles. The van der Waals surface area contributed by atoms with Crippen molar-refractivity contribution < 1.29 is 19.1 Å². The average molecular weight is 476 g/mol. The van der Waals surface area contributed by atoms with Gasteiger partial charge in [-0.25, -0.2) is 0 Å². The van der Waals surface area contributed by atoms with E-state index in [9.17, 15) is 14.4 Å². The highest BCUT2D eigenvalue weighted by atomic mass is 16.5. The van der Waals surface area contributed by atoms with E-state index in [0.29, 0.717) is 32.7 Å². The van der Waals surface area contributed by atoms with Crippen LogP contribution in [-0.2, 0) is 16.0 Å². The van der Waals surface area contributed by atoms with Crippen LogP contribution in [0.3, 0.4) is 0 Å². The third kappa shape index (κ3) is 8.24. The number of hydrogen-bond donors (Lipinski definition) is 2. The highest BCUT2D eigenvalue weighted by Crippen LogP contribution is 2.18. The summed E-state index contributed by atoms with van der Waals surface area (Å²) in [6, 6.07) is 0.0669. The predicted octanol–water partition coefficient (Wildman–Crippen LogP) is 3.41. The van der Waals surface area contributed by atoms with Crippen molar-refractivity contribution in [1.29, 1.82) is 0 Å². The molecule has 0 aromatic carbocycles. The van der Waals surface area contributed by atoms with Crippen LogP contribution in [0.4, 0.5) is 0 Å². The van der Waals surface area contributed by atoms with Gasteiger partial charge >= 0.3 is 0 Å². The van der Waals surface area contributed by atoms with E-state index in [4.69, 9.17) is 9.47 Å². The molecule has 1 saturated heterocycles. The lowest BCUT2D eigenvalue weighted by Crippen LogP contribution is -2.40. The van der Waals surface area contributed by atoms with Gasteiger partial charge in [-0.15, -0.1) is 0 Å². The van der Waals surface area contributed by atoms with Crippen molar-refractivity contribution >= 4 is 11.8 Å². The Hall–Kier alpha value is -2.19. The third-order valence-corrected chi connectivity index (χ3v) is 6.51. The number of hydrogen-bond acceptors (Lipinski definition) is 5. The molecule has 1 saturated carbocycles. The third-order valence-electron chi connectivity index (χ3n) is 6.51. The Kier molecular flexibility index (Phi) is 10.6. The minimum absolute atomic E-state index is 0.00640. The van der Waals surface area contributed by atoms with Gasteiger partial charge in [-0.2, -0.15) is 0 Å². The van der Waals surface area contributed by atoms with E-state index < -0.39 is 17.2 Å². The second-order valence-corrected chi connectivity index (χ2v) is 9.79. The van der Waals surface area contributed by atoms with E-state index in [1.54, 1.807) is 17.0 Å². The summed E-state index contributed by atoms with van der Waals surface area (Å²) >= 11 is 0. The largest absolute Gasteiger partial charge is 0.379 e. The molecular formula is C26H41N3O5. The van der Waals surface area contributed by atoms with E-state index in [2.05, 4.69) is 10.6 Å². The second-order valence-electron chi connectivity index (χ2n) is 9.79. The molecule has 0 bridgehead atoms. The molecular weight excluding hydrogens is 434 g/mol. The second kappa shape index (κ2) is 13.6. The molecule has 1 aromatic heterocycles. The lowest BCUT2D eigenvalue weighted by atomic mass is 9.96. The van der Waals surface area contributed by atoms with E-state index in [1.807, 2.05) is 13.8 Å². The number of carbonyl (C=O) groups excluding carboxylic acids is 2. The zero-order chi connectivity index (χ0) is 24.3. The van der Waals surface area contributed by atoms with Crippen LogP contribution in [-0.4, -0.2) is 54.4 Å². The maximum Gasteiger partial charge on any atom is 0.256 e. The zero-order valence-electron chi connectivity index (χ0n) is 20.8. The van der Waals surface area contributed by atoms with Gasteiger partial charge in [-0.3, -0.25) is 14.4 Å². The van der Waals surface area contributed by atoms with Crippen LogP contribution in [0, 0.1) is 0 Å². The van der Waals surface area contributed by atoms with Crippen molar-refractivity contribution in [3.63, 3.8) is 0 Å². The monoisotopic (exact) mass is 475 g/mol. The molecule has 1 aliphatic heterocycles. The number of amides is 2. The number of rotatable bonds is 10. The Balaban J connectivity index is 1.74. The SMILES string of the molecule is CC(C)OCCCNC(=O)c1cn(CC2CCCO2)cc(C(=O)NC2CCCCCCC2)c1=O. The first-order valence-electron chi connectivity index (χ1n) is 13.0. The lowest BCUT2D eigenvalue weighted by molar-refractivity contribution is 0.0756. The molecule has 0 spiro atoms. The van der Waals surface area contributed by atoms with Crippen molar-refractivity contribution in [3.05, 3.63) is 33.7 Å². The normalized spacial score (nSPS) is 19.6. The van der Waals surface area contributed by atoms with Crippen molar-refractivity contribution in [2.45, 2.75) is 103 Å². The number of nitrogens with zero attached hydrogens (tertiary/aromatic N) is 1. The van der Waals surface area contributed by atoms with E-state index in [1.165, 1.54) is 19.3 Å². The zero-order valence-corrected chi connectivity index (χ0v) is 20.8. The van der Waals surface area contributed by atoms with Gasteiger partial charge in [0.2, 0.25) is 5.43 Å². The standard InChI is InChI=1S/C26H41N3O5/c1-19(2)33-15-9-13-27-25(31)22-17-29(16-21-12-8-14-34-21)18-23(24(22)30)26(32)28-20-10-6-4-3-5-7-11-20/h17-21H,3-16H2,1-2H3,(H,27,31)(H,28,32). The van der Waals surface area contributed by atoms with E-state index >= 15 is 0 Å². The average Bonchev–Trinajstić information content (AvgIpc) is 3.29. The van der Waals surface area contributed by atoms with Crippen molar-refractivity contribution in [2.24, 2.45) is 0 Å². The molecule has 8 nitrogen and oxygen atoms in total. The maximum atomic E-state index is 13.2.